The van der Waals surface area contributed by atoms with Crippen LogP contribution < -0.4 is 4.74 Å². The molecule has 0 unspecified atom stereocenters. The van der Waals surface area contributed by atoms with E-state index in [1.54, 1.807) is 0 Å². The highest BCUT2D eigenvalue weighted by Crippen LogP contribution is 2.20. The Bertz CT molecular complexity index is 709. The summed E-state index contributed by atoms with van der Waals surface area (Å²) in [5.74, 6) is 1.45. The highest BCUT2D eigenvalue weighted by Gasteiger charge is 2.30. The molecule has 2 aromatic rings. The number of likely N-dealkylation sites (tertiary alicyclic amines) is 1. The lowest BCUT2D eigenvalue weighted by Gasteiger charge is -2.17. The van der Waals surface area contributed by atoms with Crippen LogP contribution in [-0.2, 0) is 13.0 Å². The van der Waals surface area contributed by atoms with Crippen LogP contribution in [-0.4, -0.2) is 39.8 Å². The normalized spacial score (nSPS) is 17.3. The van der Waals surface area contributed by atoms with Gasteiger partial charge in [-0.05, 0) is 37.5 Å². The van der Waals surface area contributed by atoms with Gasteiger partial charge in [0, 0.05) is 19.5 Å². The average molecular weight is 341 g/mol. The van der Waals surface area contributed by atoms with Gasteiger partial charge in [0.05, 0.1) is 12.2 Å². The molecule has 1 aliphatic rings. The molecular weight excluding hydrogens is 314 g/mol. The Morgan fingerprint density at radius 1 is 1.32 bits per heavy atom. The van der Waals surface area contributed by atoms with Crippen molar-refractivity contribution in [2.45, 2.75) is 46.3 Å². The molecule has 2 heterocycles. The number of nitrogens with zero attached hydrogens (tertiary/aromatic N) is 3. The first kappa shape index (κ1) is 17.5. The predicted octanol–water partition coefficient (Wildman–Crippen LogP) is 3.40. The van der Waals surface area contributed by atoms with Gasteiger partial charge in [0.1, 0.15) is 17.5 Å². The van der Waals surface area contributed by atoms with Crippen LogP contribution >= 0.6 is 0 Å². The number of hydrogen-bond acceptors (Lipinski definition) is 3. The fraction of sp³-hybridized carbons (Fsp3) is 0.500. The second-order valence-electron chi connectivity index (χ2n) is 7.03. The SMILES string of the molecule is CCn1nc(CC(C)C)cc1C(=O)N1CC[C@@H](Oc2ccccc2)C1. The molecule has 0 bridgehead atoms. The van der Waals surface area contributed by atoms with E-state index < -0.39 is 0 Å². The van der Waals surface area contributed by atoms with Crippen LogP contribution in [0.25, 0.3) is 0 Å². The number of rotatable bonds is 6. The summed E-state index contributed by atoms with van der Waals surface area (Å²) in [5.41, 5.74) is 1.69. The molecule has 1 aromatic carbocycles. The molecule has 5 heteroatoms. The van der Waals surface area contributed by atoms with Crippen LogP contribution in [0, 0.1) is 5.92 Å². The van der Waals surface area contributed by atoms with Crippen molar-refractivity contribution < 1.29 is 9.53 Å². The van der Waals surface area contributed by atoms with E-state index in [9.17, 15) is 4.79 Å². The number of aromatic nitrogens is 2. The predicted molar refractivity (Wildman–Crippen MR) is 97.8 cm³/mol. The summed E-state index contributed by atoms with van der Waals surface area (Å²) in [5, 5.41) is 4.59. The summed E-state index contributed by atoms with van der Waals surface area (Å²) in [6, 6.07) is 11.8. The molecule has 5 nitrogen and oxygen atoms in total. The molecule has 1 aliphatic heterocycles. The number of ether oxygens (including phenoxy) is 1. The van der Waals surface area contributed by atoms with E-state index in [0.29, 0.717) is 24.7 Å². The smallest absolute Gasteiger partial charge is 0.272 e. The van der Waals surface area contributed by atoms with Crippen LogP contribution in [0.4, 0.5) is 0 Å². The maximum absolute atomic E-state index is 12.9. The molecule has 0 aliphatic carbocycles. The Labute approximate surface area is 149 Å². The molecule has 25 heavy (non-hydrogen) atoms. The number of carbonyl (C=O) groups is 1. The molecule has 1 aromatic heterocycles. The van der Waals surface area contributed by atoms with Crippen LogP contribution in [0.5, 0.6) is 5.75 Å². The number of para-hydroxylation sites is 1. The fourth-order valence-electron chi connectivity index (χ4n) is 3.26. The van der Waals surface area contributed by atoms with Crippen molar-refractivity contribution in [1.29, 1.82) is 0 Å². The van der Waals surface area contributed by atoms with Gasteiger partial charge < -0.3 is 9.64 Å². The average Bonchev–Trinajstić information content (AvgIpc) is 3.21. The standard InChI is InChI=1S/C20H27N3O2/c1-4-23-19(13-16(21-23)12-15(2)3)20(24)22-11-10-18(14-22)25-17-8-6-5-7-9-17/h5-9,13,15,18H,4,10-12,14H2,1-3H3/t18-/m1/s1. The van der Waals surface area contributed by atoms with Crippen molar-refractivity contribution in [3.8, 4) is 5.75 Å². The third kappa shape index (κ3) is 4.21. The minimum Gasteiger partial charge on any atom is -0.489 e. The van der Waals surface area contributed by atoms with E-state index in [4.69, 9.17) is 4.74 Å². The minimum atomic E-state index is 0.0551. The monoisotopic (exact) mass is 341 g/mol. The third-order valence-electron chi connectivity index (χ3n) is 4.44. The van der Waals surface area contributed by atoms with E-state index >= 15 is 0 Å². The molecule has 0 spiro atoms. The second-order valence-corrected chi connectivity index (χ2v) is 7.03. The quantitative estimate of drug-likeness (QED) is 0.809. The van der Waals surface area contributed by atoms with Crippen LogP contribution in [0.3, 0.4) is 0 Å². The zero-order valence-corrected chi connectivity index (χ0v) is 15.3. The largest absolute Gasteiger partial charge is 0.489 e. The Morgan fingerprint density at radius 2 is 2.08 bits per heavy atom. The summed E-state index contributed by atoms with van der Waals surface area (Å²) in [6.45, 7) is 8.41. The molecule has 134 valence electrons. The number of carbonyl (C=O) groups excluding carboxylic acids is 1. The summed E-state index contributed by atoms with van der Waals surface area (Å²) in [4.78, 5) is 14.8. The lowest BCUT2D eigenvalue weighted by atomic mass is 10.1. The highest BCUT2D eigenvalue weighted by molar-refractivity contribution is 5.93. The van der Waals surface area contributed by atoms with Crippen molar-refractivity contribution >= 4 is 5.91 Å². The zero-order chi connectivity index (χ0) is 17.8. The first-order chi connectivity index (χ1) is 12.1. The van der Waals surface area contributed by atoms with Gasteiger partial charge in [0.2, 0.25) is 0 Å². The van der Waals surface area contributed by atoms with Crippen molar-refractivity contribution in [1.82, 2.24) is 14.7 Å². The lowest BCUT2D eigenvalue weighted by Crippen LogP contribution is -2.32. The van der Waals surface area contributed by atoms with Gasteiger partial charge in [-0.1, -0.05) is 32.0 Å². The fourth-order valence-corrected chi connectivity index (χ4v) is 3.26. The minimum absolute atomic E-state index is 0.0551. The molecule has 0 N–H and O–H groups in total. The van der Waals surface area contributed by atoms with Crippen molar-refractivity contribution in [3.05, 3.63) is 47.8 Å². The van der Waals surface area contributed by atoms with Crippen molar-refractivity contribution in [2.24, 2.45) is 5.92 Å². The van der Waals surface area contributed by atoms with E-state index in [-0.39, 0.29) is 12.0 Å². The Morgan fingerprint density at radius 3 is 2.76 bits per heavy atom. The zero-order valence-electron chi connectivity index (χ0n) is 15.3. The van der Waals surface area contributed by atoms with E-state index in [0.717, 1.165) is 30.8 Å². The van der Waals surface area contributed by atoms with E-state index in [2.05, 4.69) is 18.9 Å². The summed E-state index contributed by atoms with van der Waals surface area (Å²) < 4.78 is 7.81. The van der Waals surface area contributed by atoms with Crippen LogP contribution in [0.2, 0.25) is 0 Å². The lowest BCUT2D eigenvalue weighted by molar-refractivity contribution is 0.0760. The van der Waals surface area contributed by atoms with E-state index in [1.165, 1.54) is 0 Å². The molecular formula is C20H27N3O2. The third-order valence-corrected chi connectivity index (χ3v) is 4.44. The van der Waals surface area contributed by atoms with Gasteiger partial charge in [0.15, 0.2) is 0 Å². The number of amides is 1. The molecule has 0 radical (unpaired) electrons. The maximum atomic E-state index is 12.9. The number of benzene rings is 1. The van der Waals surface area contributed by atoms with Gasteiger partial charge in [-0.15, -0.1) is 0 Å². The summed E-state index contributed by atoms with van der Waals surface area (Å²) in [6.07, 6.45) is 1.81. The number of hydrogen-bond donors (Lipinski definition) is 0. The summed E-state index contributed by atoms with van der Waals surface area (Å²) >= 11 is 0. The van der Waals surface area contributed by atoms with Gasteiger partial charge in [-0.2, -0.15) is 5.10 Å². The number of aryl methyl sites for hydroxylation is 1. The first-order valence-corrected chi connectivity index (χ1v) is 9.14. The Balaban J connectivity index is 1.66. The van der Waals surface area contributed by atoms with Crippen molar-refractivity contribution in [2.75, 3.05) is 13.1 Å². The van der Waals surface area contributed by atoms with Crippen LogP contribution in [0.1, 0.15) is 43.4 Å². The molecule has 0 saturated carbocycles. The Hall–Kier alpha value is -2.30. The highest BCUT2D eigenvalue weighted by atomic mass is 16.5. The van der Waals surface area contributed by atoms with Gasteiger partial charge >= 0.3 is 0 Å². The first-order valence-electron chi connectivity index (χ1n) is 9.14. The molecule has 1 atom stereocenters. The van der Waals surface area contributed by atoms with Gasteiger partial charge in [-0.3, -0.25) is 9.48 Å². The van der Waals surface area contributed by atoms with Crippen LogP contribution in [0.15, 0.2) is 36.4 Å². The van der Waals surface area contributed by atoms with Gasteiger partial charge in [0.25, 0.3) is 5.91 Å². The topological polar surface area (TPSA) is 47.4 Å². The Kier molecular flexibility index (Phi) is 5.41. The second kappa shape index (κ2) is 7.72. The molecule has 1 saturated heterocycles. The van der Waals surface area contributed by atoms with Crippen molar-refractivity contribution in [3.63, 3.8) is 0 Å². The summed E-state index contributed by atoms with van der Waals surface area (Å²) in [7, 11) is 0. The molecule has 1 fully saturated rings. The van der Waals surface area contributed by atoms with E-state index in [1.807, 2.05) is 52.9 Å². The molecule has 1 amide bonds. The maximum Gasteiger partial charge on any atom is 0.272 e. The molecule has 3 rings (SSSR count). The van der Waals surface area contributed by atoms with Gasteiger partial charge in [-0.25, -0.2) is 0 Å².